The van der Waals surface area contributed by atoms with E-state index in [4.69, 9.17) is 17.3 Å². The second kappa shape index (κ2) is 6.02. The van der Waals surface area contributed by atoms with Gasteiger partial charge >= 0.3 is 0 Å². The number of rotatable bonds is 3. The summed E-state index contributed by atoms with van der Waals surface area (Å²) >= 11 is 6.13. The molecule has 0 atom stereocenters. The number of piperidine rings is 1. The molecule has 1 aromatic rings. The number of nitrogens with two attached hydrogens (primary N) is 1. The fourth-order valence-electron chi connectivity index (χ4n) is 2.83. The minimum absolute atomic E-state index is 0.649. The molecule has 1 aromatic carbocycles. The van der Waals surface area contributed by atoms with Crippen molar-refractivity contribution in [3.8, 4) is 0 Å². The number of hydrogen-bond donors (Lipinski definition) is 1. The highest BCUT2D eigenvalue weighted by Gasteiger charge is 2.19. The zero-order valence-electron chi connectivity index (χ0n) is 12.1. The van der Waals surface area contributed by atoms with Crippen LogP contribution < -0.4 is 10.6 Å². The largest absolute Gasteiger partial charge is 0.398 e. The second-order valence-corrected chi connectivity index (χ2v) is 6.19. The van der Waals surface area contributed by atoms with Crippen LogP contribution in [0, 0.1) is 12.8 Å². The highest BCUT2D eigenvalue weighted by Crippen LogP contribution is 2.30. The predicted octanol–water partition coefficient (Wildman–Crippen LogP) is 3.01. The Hall–Kier alpha value is -0.930. The standard InChI is InChI=1S/C15H24ClN3/c1-11-8-14(17)13(16)9-15(11)19(3)10-12-4-6-18(2)7-5-12/h8-9,12H,4-7,10,17H2,1-3H3. The van der Waals surface area contributed by atoms with Gasteiger partial charge in [0, 0.05) is 19.3 Å². The lowest BCUT2D eigenvalue weighted by molar-refractivity contribution is 0.222. The number of aryl methyl sites for hydroxylation is 1. The third kappa shape index (κ3) is 3.54. The van der Waals surface area contributed by atoms with Crippen LogP contribution in [0.2, 0.25) is 5.02 Å². The number of anilines is 2. The lowest BCUT2D eigenvalue weighted by Crippen LogP contribution is -2.35. The van der Waals surface area contributed by atoms with Gasteiger partial charge in [-0.15, -0.1) is 0 Å². The molecule has 0 unspecified atom stereocenters. The monoisotopic (exact) mass is 281 g/mol. The number of nitrogen functional groups attached to an aromatic ring is 1. The number of halogens is 1. The minimum atomic E-state index is 0.649. The highest BCUT2D eigenvalue weighted by atomic mass is 35.5. The molecule has 1 saturated heterocycles. The van der Waals surface area contributed by atoms with E-state index in [0.717, 1.165) is 12.5 Å². The molecule has 0 aliphatic carbocycles. The van der Waals surface area contributed by atoms with Crippen molar-refractivity contribution in [3.63, 3.8) is 0 Å². The summed E-state index contributed by atoms with van der Waals surface area (Å²) in [5.41, 5.74) is 8.88. The molecule has 3 nitrogen and oxygen atoms in total. The topological polar surface area (TPSA) is 32.5 Å². The predicted molar refractivity (Wildman–Crippen MR) is 84.1 cm³/mol. The molecule has 2 N–H and O–H groups in total. The Morgan fingerprint density at radius 3 is 2.63 bits per heavy atom. The Kier molecular flexibility index (Phi) is 4.58. The summed E-state index contributed by atoms with van der Waals surface area (Å²) < 4.78 is 0. The lowest BCUT2D eigenvalue weighted by Gasteiger charge is -2.33. The van der Waals surface area contributed by atoms with Crippen LogP contribution in [0.15, 0.2) is 12.1 Å². The van der Waals surface area contributed by atoms with E-state index in [2.05, 4.69) is 30.8 Å². The van der Waals surface area contributed by atoms with Gasteiger partial charge in [0.2, 0.25) is 0 Å². The molecule has 4 heteroatoms. The maximum atomic E-state index is 6.13. The van der Waals surface area contributed by atoms with Crippen molar-refractivity contribution in [2.45, 2.75) is 19.8 Å². The molecular formula is C15H24ClN3. The van der Waals surface area contributed by atoms with Crippen LogP contribution in [0.25, 0.3) is 0 Å². The summed E-state index contributed by atoms with van der Waals surface area (Å²) in [5, 5.41) is 0.649. The van der Waals surface area contributed by atoms with Gasteiger partial charge in [0.25, 0.3) is 0 Å². The van der Waals surface area contributed by atoms with E-state index >= 15 is 0 Å². The molecule has 1 aliphatic rings. The van der Waals surface area contributed by atoms with Gasteiger partial charge in [-0.25, -0.2) is 0 Å². The zero-order valence-corrected chi connectivity index (χ0v) is 12.9. The first-order valence-corrected chi connectivity index (χ1v) is 7.30. The first kappa shape index (κ1) is 14.5. The maximum Gasteiger partial charge on any atom is 0.0656 e. The molecular weight excluding hydrogens is 258 g/mol. The van der Waals surface area contributed by atoms with Gasteiger partial charge in [-0.05, 0) is 63.5 Å². The summed E-state index contributed by atoms with van der Waals surface area (Å²) in [6.45, 7) is 5.60. The quantitative estimate of drug-likeness (QED) is 0.865. The van der Waals surface area contributed by atoms with Crippen molar-refractivity contribution in [1.29, 1.82) is 0 Å². The van der Waals surface area contributed by atoms with Gasteiger partial charge in [-0.1, -0.05) is 11.6 Å². The van der Waals surface area contributed by atoms with Gasteiger partial charge in [-0.2, -0.15) is 0 Å². The second-order valence-electron chi connectivity index (χ2n) is 5.79. The Morgan fingerprint density at radius 2 is 2.00 bits per heavy atom. The smallest absolute Gasteiger partial charge is 0.0656 e. The lowest BCUT2D eigenvalue weighted by atomic mass is 9.96. The molecule has 1 fully saturated rings. The Bertz CT molecular complexity index is 439. The van der Waals surface area contributed by atoms with Gasteiger partial charge in [0.05, 0.1) is 10.7 Å². The summed E-state index contributed by atoms with van der Waals surface area (Å²) in [5.74, 6) is 0.775. The fourth-order valence-corrected chi connectivity index (χ4v) is 2.99. The van der Waals surface area contributed by atoms with Crippen LogP contribution in [0.4, 0.5) is 11.4 Å². The maximum absolute atomic E-state index is 6.13. The van der Waals surface area contributed by atoms with E-state index in [9.17, 15) is 0 Å². The van der Waals surface area contributed by atoms with Gasteiger partial charge < -0.3 is 15.5 Å². The van der Waals surface area contributed by atoms with E-state index in [1.54, 1.807) is 0 Å². The molecule has 1 aliphatic heterocycles. The van der Waals surface area contributed by atoms with Gasteiger partial charge in [0.15, 0.2) is 0 Å². The Morgan fingerprint density at radius 1 is 1.37 bits per heavy atom. The summed E-state index contributed by atoms with van der Waals surface area (Å²) in [6.07, 6.45) is 2.56. The van der Waals surface area contributed by atoms with E-state index in [-0.39, 0.29) is 0 Å². The number of nitrogens with zero attached hydrogens (tertiary/aromatic N) is 2. The Balaban J connectivity index is 2.03. The first-order chi connectivity index (χ1) is 8.97. The molecule has 106 valence electrons. The number of likely N-dealkylation sites (tertiary alicyclic amines) is 1. The Labute approximate surface area is 121 Å². The molecule has 0 amide bonds. The average Bonchev–Trinajstić information content (AvgIpc) is 2.36. The fraction of sp³-hybridized carbons (Fsp3) is 0.600. The van der Waals surface area contributed by atoms with Crippen LogP contribution in [0.3, 0.4) is 0 Å². The third-order valence-corrected chi connectivity index (χ3v) is 4.42. The van der Waals surface area contributed by atoms with E-state index < -0.39 is 0 Å². The summed E-state index contributed by atoms with van der Waals surface area (Å²) in [6, 6.07) is 3.95. The summed E-state index contributed by atoms with van der Waals surface area (Å²) in [4.78, 5) is 4.72. The van der Waals surface area contributed by atoms with E-state index in [0.29, 0.717) is 10.7 Å². The average molecular weight is 282 g/mol. The van der Waals surface area contributed by atoms with Crippen LogP contribution in [0.1, 0.15) is 18.4 Å². The molecule has 2 rings (SSSR count). The third-order valence-electron chi connectivity index (χ3n) is 4.10. The van der Waals surface area contributed by atoms with Crippen LogP contribution in [-0.4, -0.2) is 38.6 Å². The van der Waals surface area contributed by atoms with Gasteiger partial charge in [0.1, 0.15) is 0 Å². The van der Waals surface area contributed by atoms with Crippen LogP contribution >= 0.6 is 11.6 Å². The molecule has 0 radical (unpaired) electrons. The molecule has 0 saturated carbocycles. The molecule has 0 bridgehead atoms. The number of hydrogen-bond acceptors (Lipinski definition) is 3. The number of benzene rings is 1. The van der Waals surface area contributed by atoms with Crippen molar-refractivity contribution < 1.29 is 0 Å². The van der Waals surface area contributed by atoms with Gasteiger partial charge in [-0.3, -0.25) is 0 Å². The normalized spacial score (nSPS) is 17.7. The van der Waals surface area contributed by atoms with Crippen molar-refractivity contribution in [1.82, 2.24) is 4.90 Å². The molecule has 0 aromatic heterocycles. The minimum Gasteiger partial charge on any atom is -0.398 e. The SMILES string of the molecule is Cc1cc(N)c(Cl)cc1N(C)CC1CCN(C)CC1. The van der Waals surface area contributed by atoms with Crippen molar-refractivity contribution in [2.75, 3.05) is 44.4 Å². The van der Waals surface area contributed by atoms with E-state index in [1.807, 2.05) is 12.1 Å². The van der Waals surface area contributed by atoms with Crippen molar-refractivity contribution in [3.05, 3.63) is 22.7 Å². The first-order valence-electron chi connectivity index (χ1n) is 6.92. The molecule has 19 heavy (non-hydrogen) atoms. The highest BCUT2D eigenvalue weighted by molar-refractivity contribution is 6.33. The molecule has 0 spiro atoms. The molecule has 1 heterocycles. The van der Waals surface area contributed by atoms with Crippen LogP contribution in [-0.2, 0) is 0 Å². The van der Waals surface area contributed by atoms with Crippen molar-refractivity contribution in [2.24, 2.45) is 5.92 Å². The van der Waals surface area contributed by atoms with Crippen molar-refractivity contribution >= 4 is 23.0 Å². The summed E-state index contributed by atoms with van der Waals surface area (Å²) in [7, 11) is 4.34. The van der Waals surface area contributed by atoms with E-state index in [1.165, 1.54) is 37.2 Å². The zero-order chi connectivity index (χ0) is 14.0. The van der Waals surface area contributed by atoms with Crippen LogP contribution in [0.5, 0.6) is 0 Å².